The van der Waals surface area contributed by atoms with Crippen molar-refractivity contribution in [1.29, 1.82) is 0 Å². The number of nitrogens with zero attached hydrogens (tertiary/aromatic N) is 2. The average molecular weight is 524 g/mol. The summed E-state index contributed by atoms with van der Waals surface area (Å²) in [5.41, 5.74) is 4.20. The van der Waals surface area contributed by atoms with Crippen LogP contribution >= 0.6 is 0 Å². The summed E-state index contributed by atoms with van der Waals surface area (Å²) in [5.74, 6) is -0.415. The molecular weight excluding hydrogens is 493 g/mol. The summed E-state index contributed by atoms with van der Waals surface area (Å²) in [6.07, 6.45) is 5.64. The first-order valence-corrected chi connectivity index (χ1v) is 13.7. The number of amides is 1. The van der Waals surface area contributed by atoms with Gasteiger partial charge in [-0.1, -0.05) is 61.7 Å². The van der Waals surface area contributed by atoms with Gasteiger partial charge in [-0.05, 0) is 60.4 Å². The summed E-state index contributed by atoms with van der Waals surface area (Å²) in [4.78, 5) is 12.7. The van der Waals surface area contributed by atoms with Gasteiger partial charge < -0.3 is 4.74 Å². The van der Waals surface area contributed by atoms with E-state index >= 15 is 0 Å². The molecule has 1 N–H and O–H groups in total. The second-order valence-corrected chi connectivity index (χ2v) is 10.8. The minimum Gasteiger partial charge on any atom is -0.489 e. The summed E-state index contributed by atoms with van der Waals surface area (Å²) in [6, 6.07) is 21.4. The molecule has 1 aliphatic carbocycles. The van der Waals surface area contributed by atoms with E-state index in [4.69, 9.17) is 4.74 Å². The summed E-state index contributed by atoms with van der Waals surface area (Å²) in [6.45, 7) is 0.0552. The molecule has 1 amide bonds. The number of carbonyl (C=O) groups is 1. The molecule has 9 heteroatoms. The Morgan fingerprint density at radius 3 is 2.46 bits per heavy atom. The monoisotopic (exact) mass is 523 g/mol. The van der Waals surface area contributed by atoms with Crippen molar-refractivity contribution in [3.05, 3.63) is 95.8 Å². The molecule has 4 rings (SSSR count). The zero-order valence-electron chi connectivity index (χ0n) is 20.4. The Hall–Kier alpha value is -3.56. The van der Waals surface area contributed by atoms with Gasteiger partial charge in [-0.2, -0.15) is 9.41 Å². The van der Waals surface area contributed by atoms with Crippen LogP contribution in [0.3, 0.4) is 0 Å². The summed E-state index contributed by atoms with van der Waals surface area (Å²) >= 11 is 0. The highest BCUT2D eigenvalue weighted by Crippen LogP contribution is 2.27. The van der Waals surface area contributed by atoms with Crippen LogP contribution in [0.25, 0.3) is 0 Å². The summed E-state index contributed by atoms with van der Waals surface area (Å²) < 4.78 is 47.1. The molecule has 0 saturated heterocycles. The standard InChI is InChI=1S/C28H30FN3O4S/c29-24-14-16-27(17-15-24)37(34,35)32(25-11-5-2-6-12-25)20-28(33)31-30-19-23-10-7-13-26(18-23)36-21-22-8-3-1-4-9-22/h1,3-4,7-10,13-19,25H,2,5-6,11-12,20-21H2,(H,31,33)/b30-19+. The van der Waals surface area contributed by atoms with Crippen LogP contribution in [0.1, 0.15) is 43.2 Å². The van der Waals surface area contributed by atoms with Gasteiger partial charge in [-0.25, -0.2) is 18.2 Å². The lowest BCUT2D eigenvalue weighted by molar-refractivity contribution is -0.121. The molecule has 194 valence electrons. The van der Waals surface area contributed by atoms with Gasteiger partial charge in [0.1, 0.15) is 18.2 Å². The van der Waals surface area contributed by atoms with E-state index in [-0.39, 0.29) is 17.5 Å². The normalized spacial score (nSPS) is 14.6. The van der Waals surface area contributed by atoms with Crippen molar-refractivity contribution in [2.45, 2.75) is 49.6 Å². The van der Waals surface area contributed by atoms with Crippen LogP contribution < -0.4 is 10.2 Å². The molecule has 0 aromatic heterocycles. The highest BCUT2D eigenvalue weighted by Gasteiger charge is 2.34. The molecule has 0 spiro atoms. The number of ether oxygens (including phenoxy) is 1. The number of benzene rings is 3. The van der Waals surface area contributed by atoms with E-state index in [1.54, 1.807) is 6.07 Å². The van der Waals surface area contributed by atoms with Gasteiger partial charge in [-0.15, -0.1) is 0 Å². The first-order chi connectivity index (χ1) is 17.9. The molecule has 0 heterocycles. The van der Waals surface area contributed by atoms with Crippen molar-refractivity contribution < 1.29 is 22.3 Å². The Kier molecular flexibility index (Phi) is 9.03. The first kappa shape index (κ1) is 26.5. The lowest BCUT2D eigenvalue weighted by Crippen LogP contribution is -2.46. The highest BCUT2D eigenvalue weighted by atomic mass is 32.2. The van der Waals surface area contributed by atoms with Crippen LogP contribution in [-0.2, 0) is 21.4 Å². The third-order valence-electron chi connectivity index (χ3n) is 6.21. The molecule has 0 atom stereocenters. The van der Waals surface area contributed by atoms with Crippen LogP contribution in [0.5, 0.6) is 5.75 Å². The number of hydrogen-bond donors (Lipinski definition) is 1. The number of rotatable bonds is 10. The fraction of sp³-hybridized carbons (Fsp3) is 0.286. The number of halogens is 1. The Morgan fingerprint density at radius 1 is 1.00 bits per heavy atom. The van der Waals surface area contributed by atoms with Crippen molar-refractivity contribution in [2.75, 3.05) is 6.54 Å². The van der Waals surface area contributed by atoms with E-state index < -0.39 is 21.7 Å². The second kappa shape index (κ2) is 12.6. The number of nitrogens with one attached hydrogen (secondary N) is 1. The molecule has 0 aliphatic heterocycles. The zero-order valence-corrected chi connectivity index (χ0v) is 21.2. The van der Waals surface area contributed by atoms with Crippen molar-refractivity contribution in [3.63, 3.8) is 0 Å². The fourth-order valence-electron chi connectivity index (χ4n) is 4.30. The molecular formula is C28H30FN3O4S. The Bertz CT molecular complexity index is 1310. The molecule has 1 fully saturated rings. The third-order valence-corrected chi connectivity index (χ3v) is 8.12. The Morgan fingerprint density at radius 2 is 1.73 bits per heavy atom. The minimum absolute atomic E-state index is 0.0388. The quantitative estimate of drug-likeness (QED) is 0.303. The molecule has 37 heavy (non-hydrogen) atoms. The largest absolute Gasteiger partial charge is 0.489 e. The Balaban J connectivity index is 1.39. The van der Waals surface area contributed by atoms with Gasteiger partial charge in [0.2, 0.25) is 10.0 Å². The minimum atomic E-state index is -3.99. The van der Waals surface area contributed by atoms with Crippen molar-refractivity contribution in [3.8, 4) is 5.75 Å². The first-order valence-electron chi connectivity index (χ1n) is 12.3. The van der Waals surface area contributed by atoms with Gasteiger partial charge in [-0.3, -0.25) is 4.79 Å². The fourth-order valence-corrected chi connectivity index (χ4v) is 5.94. The third kappa shape index (κ3) is 7.47. The summed E-state index contributed by atoms with van der Waals surface area (Å²) in [5, 5.41) is 4.01. The van der Waals surface area contributed by atoms with E-state index in [1.165, 1.54) is 22.7 Å². The van der Waals surface area contributed by atoms with Crippen LogP contribution in [-0.4, -0.2) is 37.4 Å². The van der Waals surface area contributed by atoms with E-state index in [2.05, 4.69) is 10.5 Å². The van der Waals surface area contributed by atoms with Crippen LogP contribution in [0.2, 0.25) is 0 Å². The van der Waals surface area contributed by atoms with Gasteiger partial charge in [0, 0.05) is 6.04 Å². The van der Waals surface area contributed by atoms with Gasteiger partial charge >= 0.3 is 0 Å². The maximum absolute atomic E-state index is 13.4. The second-order valence-electron chi connectivity index (χ2n) is 8.94. The Labute approximate surface area is 217 Å². The molecule has 0 bridgehead atoms. The predicted octanol–water partition coefficient (Wildman–Crippen LogP) is 4.88. The van der Waals surface area contributed by atoms with Crippen molar-refractivity contribution in [1.82, 2.24) is 9.73 Å². The molecule has 1 saturated carbocycles. The lowest BCUT2D eigenvalue weighted by atomic mass is 9.95. The highest BCUT2D eigenvalue weighted by molar-refractivity contribution is 7.89. The molecule has 0 radical (unpaired) electrons. The van der Waals surface area contributed by atoms with E-state index in [0.29, 0.717) is 30.8 Å². The van der Waals surface area contributed by atoms with E-state index in [0.717, 1.165) is 37.0 Å². The maximum Gasteiger partial charge on any atom is 0.255 e. The van der Waals surface area contributed by atoms with Gasteiger partial charge in [0.05, 0.1) is 17.7 Å². The number of hydrazone groups is 1. The van der Waals surface area contributed by atoms with Crippen molar-refractivity contribution >= 4 is 22.1 Å². The van der Waals surface area contributed by atoms with Gasteiger partial charge in [0.25, 0.3) is 5.91 Å². The molecule has 1 aliphatic rings. The lowest BCUT2D eigenvalue weighted by Gasteiger charge is -2.32. The SMILES string of the molecule is O=C(CN(C1CCCCC1)S(=O)(=O)c1ccc(F)cc1)N/N=C/c1cccc(OCc2ccccc2)c1. The van der Waals surface area contributed by atoms with Crippen LogP contribution in [0, 0.1) is 5.82 Å². The van der Waals surface area contributed by atoms with E-state index in [1.807, 2.05) is 48.5 Å². The maximum atomic E-state index is 13.4. The van der Waals surface area contributed by atoms with E-state index in [9.17, 15) is 17.6 Å². The number of sulfonamides is 1. The smallest absolute Gasteiger partial charge is 0.255 e. The summed E-state index contributed by atoms with van der Waals surface area (Å²) in [7, 11) is -3.99. The average Bonchev–Trinajstić information content (AvgIpc) is 2.92. The number of hydrogen-bond acceptors (Lipinski definition) is 5. The van der Waals surface area contributed by atoms with Gasteiger partial charge in [0.15, 0.2) is 0 Å². The van der Waals surface area contributed by atoms with Crippen molar-refractivity contribution in [2.24, 2.45) is 5.10 Å². The molecule has 3 aromatic carbocycles. The zero-order chi connectivity index (χ0) is 26.1. The molecule has 3 aromatic rings. The van der Waals surface area contributed by atoms with Crippen LogP contribution in [0.15, 0.2) is 88.9 Å². The number of carbonyl (C=O) groups excluding carboxylic acids is 1. The molecule has 7 nitrogen and oxygen atoms in total. The van der Waals surface area contributed by atoms with Crippen LogP contribution in [0.4, 0.5) is 4.39 Å². The topological polar surface area (TPSA) is 88.1 Å². The molecule has 0 unspecified atom stereocenters. The predicted molar refractivity (Wildman–Crippen MR) is 140 cm³/mol.